The first kappa shape index (κ1) is 25.2. The Hall–Kier alpha value is -0.0100. The molecule has 3 rings (SSSR count). The van der Waals surface area contributed by atoms with Crippen molar-refractivity contribution < 1.29 is 48.1 Å². The molecule has 124 valence electrons. The van der Waals surface area contributed by atoms with E-state index in [1.165, 1.54) is 16.7 Å². The van der Waals surface area contributed by atoms with Crippen LogP contribution in [0.25, 0.3) is 0 Å². The molecule has 1 atom stereocenters. The van der Waals surface area contributed by atoms with E-state index in [2.05, 4.69) is 57.3 Å². The van der Waals surface area contributed by atoms with Crippen molar-refractivity contribution in [3.63, 3.8) is 0 Å². The summed E-state index contributed by atoms with van der Waals surface area (Å²) in [5.74, 6) is 0.653. The van der Waals surface area contributed by atoms with Crippen LogP contribution in [0, 0.1) is 12.0 Å². The third-order valence-electron chi connectivity index (χ3n) is 2.99. The van der Waals surface area contributed by atoms with Gasteiger partial charge in [-0.25, -0.2) is 12.1 Å². The van der Waals surface area contributed by atoms with Crippen LogP contribution >= 0.6 is 0 Å². The number of halogens is 2. The summed E-state index contributed by atoms with van der Waals surface area (Å²) in [7, 11) is 0. The summed E-state index contributed by atoms with van der Waals surface area (Å²) in [6, 6.07) is 10.0. The zero-order valence-corrected chi connectivity index (χ0v) is 19.2. The van der Waals surface area contributed by atoms with Gasteiger partial charge in [-0.2, -0.15) is 35.4 Å². The van der Waals surface area contributed by atoms with Crippen molar-refractivity contribution in [2.45, 2.75) is 33.4 Å². The van der Waals surface area contributed by atoms with Crippen LogP contribution in [0.2, 0.25) is 13.1 Å². The third-order valence-corrected chi connectivity index (χ3v) is 2.99. The first-order valence-corrected chi connectivity index (χ1v) is 13.6. The van der Waals surface area contributed by atoms with Crippen LogP contribution in [0.4, 0.5) is 0 Å². The van der Waals surface area contributed by atoms with Gasteiger partial charge < -0.3 is 24.8 Å². The van der Waals surface area contributed by atoms with Gasteiger partial charge in [0.25, 0.3) is 0 Å². The SMILES string of the molecule is CC1=[C-]C2=CC=CCC(C)C2=C1.C[Si](C)=[Zr+2].[Cl-].[Cl-].c1cc[cH-]c1. The summed E-state index contributed by atoms with van der Waals surface area (Å²) in [6.07, 6.45) is 13.3. The minimum absolute atomic E-state index is 0. The van der Waals surface area contributed by atoms with E-state index in [9.17, 15) is 0 Å². The number of hydrogen-bond acceptors (Lipinski definition) is 0. The number of rotatable bonds is 0. The Morgan fingerprint density at radius 3 is 2.26 bits per heavy atom. The van der Waals surface area contributed by atoms with Gasteiger partial charge in [0.2, 0.25) is 0 Å². The van der Waals surface area contributed by atoms with Crippen LogP contribution in [0.3, 0.4) is 0 Å². The predicted octanol–water partition coefficient (Wildman–Crippen LogP) is -0.604. The smallest absolute Gasteiger partial charge is 0.172 e. The Bertz CT molecular complexity index is 545. The Morgan fingerprint density at radius 1 is 1.22 bits per heavy atom. The molecule has 0 amide bonds. The second kappa shape index (κ2) is 14.3. The molecular formula is C19H24Cl2SiZr-2. The maximum absolute atomic E-state index is 3.36. The molecule has 0 aromatic heterocycles. The van der Waals surface area contributed by atoms with E-state index >= 15 is 0 Å². The normalized spacial score (nSPS) is 17.1. The summed E-state index contributed by atoms with van der Waals surface area (Å²) < 4.78 is 0. The first-order valence-electron chi connectivity index (χ1n) is 7.38. The van der Waals surface area contributed by atoms with Crippen molar-refractivity contribution in [2.75, 3.05) is 0 Å². The summed E-state index contributed by atoms with van der Waals surface area (Å²) in [5.41, 5.74) is 4.21. The van der Waals surface area contributed by atoms with E-state index in [4.69, 9.17) is 0 Å². The molecule has 0 nitrogen and oxygen atoms in total. The molecule has 2 aliphatic rings. The molecule has 2 aliphatic carbocycles. The largest absolute Gasteiger partial charge is 1.00 e. The Balaban J connectivity index is 0. The zero-order valence-electron chi connectivity index (χ0n) is 14.2. The first-order chi connectivity index (χ1) is 10.0. The van der Waals surface area contributed by atoms with E-state index in [0.29, 0.717) is 5.92 Å². The molecule has 1 aromatic rings. The predicted molar refractivity (Wildman–Crippen MR) is 91.0 cm³/mol. The van der Waals surface area contributed by atoms with Gasteiger partial charge in [-0.3, -0.25) is 0 Å². The number of allylic oxidation sites excluding steroid dienone is 8. The summed E-state index contributed by atoms with van der Waals surface area (Å²) >= 11 is 1.74. The molecule has 1 unspecified atom stereocenters. The van der Waals surface area contributed by atoms with Gasteiger partial charge in [0, 0.05) is 0 Å². The molecule has 0 spiro atoms. The van der Waals surface area contributed by atoms with Crippen LogP contribution < -0.4 is 24.8 Å². The van der Waals surface area contributed by atoms with Crippen molar-refractivity contribution in [1.29, 1.82) is 0 Å². The fraction of sp³-hybridized carbons (Fsp3) is 0.316. The summed E-state index contributed by atoms with van der Waals surface area (Å²) in [5, 5.41) is 0. The van der Waals surface area contributed by atoms with Gasteiger partial charge in [0.1, 0.15) is 0 Å². The van der Waals surface area contributed by atoms with Gasteiger partial charge in [0.15, 0.2) is 0 Å². The van der Waals surface area contributed by atoms with Crippen LogP contribution in [-0.2, 0) is 23.3 Å². The van der Waals surface area contributed by atoms with Crippen molar-refractivity contribution in [1.82, 2.24) is 0 Å². The van der Waals surface area contributed by atoms with Gasteiger partial charge >= 0.3 is 41.9 Å². The van der Waals surface area contributed by atoms with E-state index in [0.717, 1.165) is 6.42 Å². The maximum atomic E-state index is 3.36. The van der Waals surface area contributed by atoms with E-state index < -0.39 is 0 Å². The molecule has 1 aromatic carbocycles. The second-order valence-corrected chi connectivity index (χ2v) is 14.9. The molecule has 0 saturated heterocycles. The van der Waals surface area contributed by atoms with Gasteiger partial charge in [0.05, 0.1) is 0 Å². The summed E-state index contributed by atoms with van der Waals surface area (Å²) in [6.45, 7) is 9.00. The molecule has 0 bridgehead atoms. The van der Waals surface area contributed by atoms with E-state index in [1.54, 1.807) is 23.3 Å². The molecule has 0 aliphatic heterocycles. The topological polar surface area (TPSA) is 0 Å². The number of hydrogen-bond donors (Lipinski definition) is 0. The van der Waals surface area contributed by atoms with Gasteiger partial charge in [-0.05, 0) is 6.42 Å². The second-order valence-electron chi connectivity index (χ2n) is 5.52. The van der Waals surface area contributed by atoms with E-state index in [1.807, 2.05) is 30.3 Å². The minimum Gasteiger partial charge on any atom is -1.00 e. The van der Waals surface area contributed by atoms with Crippen molar-refractivity contribution >= 4 is 5.43 Å². The van der Waals surface area contributed by atoms with E-state index in [-0.39, 0.29) is 30.2 Å². The van der Waals surface area contributed by atoms with Crippen molar-refractivity contribution in [3.8, 4) is 0 Å². The Kier molecular flexibility index (Phi) is 15.7. The minimum atomic E-state index is 0. The molecule has 23 heavy (non-hydrogen) atoms. The fourth-order valence-corrected chi connectivity index (χ4v) is 2.07. The Labute approximate surface area is 169 Å². The fourth-order valence-electron chi connectivity index (χ4n) is 2.07. The van der Waals surface area contributed by atoms with Gasteiger partial charge in [-0.1, -0.05) is 25.8 Å². The molecule has 4 heteroatoms. The zero-order chi connectivity index (χ0) is 15.7. The average Bonchev–Trinajstić information content (AvgIpc) is 3.04. The monoisotopic (exact) mass is 440 g/mol. The molecule has 0 N–H and O–H groups in total. The van der Waals surface area contributed by atoms with Crippen LogP contribution in [-0.4, -0.2) is 5.43 Å². The molecule has 0 fully saturated rings. The standard InChI is InChI=1S/C12H13.C5H5.C2H6Si.2ClH.Zr/c1-9-7-11-6-4-3-5-10(2)12(11)8-9;1-2-4-5-3-1;1-3-2;;;/h3-4,6,8,10H,5H2,1-2H3;1-5H;1-2H3;2*1H;/q2*-1;;;;+2/p-2. The van der Waals surface area contributed by atoms with Crippen molar-refractivity contribution in [2.24, 2.45) is 5.92 Å². The Morgan fingerprint density at radius 2 is 1.78 bits per heavy atom. The third kappa shape index (κ3) is 11.2. The quantitative estimate of drug-likeness (QED) is 0.372. The average molecular weight is 443 g/mol. The number of fused-ring (bicyclic) bond motifs is 1. The van der Waals surface area contributed by atoms with Crippen LogP contribution in [0.1, 0.15) is 20.3 Å². The maximum Gasteiger partial charge on any atom is -0.172 e. The molecular weight excluding hydrogens is 418 g/mol. The molecule has 0 saturated carbocycles. The molecule has 0 heterocycles. The van der Waals surface area contributed by atoms with Crippen LogP contribution in [0.15, 0.2) is 71.4 Å². The van der Waals surface area contributed by atoms with Crippen LogP contribution in [0.5, 0.6) is 0 Å². The van der Waals surface area contributed by atoms with Crippen molar-refractivity contribution in [3.05, 3.63) is 77.4 Å². The van der Waals surface area contributed by atoms with Gasteiger partial charge in [-0.15, -0.1) is 23.8 Å². The summed E-state index contributed by atoms with van der Waals surface area (Å²) in [4.78, 5) is 0. The molecule has 0 radical (unpaired) electrons.